The van der Waals surface area contributed by atoms with E-state index in [0.29, 0.717) is 17.5 Å². The maximum Gasteiger partial charge on any atom is 0.164 e. The molecule has 1 aliphatic carbocycles. The molecule has 55 heavy (non-hydrogen) atoms. The molecule has 0 saturated heterocycles. The second kappa shape index (κ2) is 12.8. The number of benzene rings is 8. The molecule has 2 aromatic heterocycles. The minimum atomic E-state index is 0.646. The number of aryl methyl sites for hydroxylation is 1. The lowest BCUT2D eigenvalue weighted by Crippen LogP contribution is -2.03. The first-order valence-corrected chi connectivity index (χ1v) is 18.9. The number of nitrogens with zero attached hydrogens (tertiary/aromatic N) is 4. The van der Waals surface area contributed by atoms with E-state index in [2.05, 4.69) is 150 Å². The van der Waals surface area contributed by atoms with Crippen LogP contribution in [-0.2, 0) is 6.42 Å². The number of allylic oxidation sites excluding steroid dienone is 1. The largest absolute Gasteiger partial charge is 0.308 e. The fourth-order valence-corrected chi connectivity index (χ4v) is 8.44. The lowest BCUT2D eigenvalue weighted by Gasteiger charge is -2.19. The van der Waals surface area contributed by atoms with E-state index >= 15 is 0 Å². The van der Waals surface area contributed by atoms with Gasteiger partial charge in [-0.05, 0) is 81.6 Å². The van der Waals surface area contributed by atoms with Crippen molar-refractivity contribution in [3.05, 3.63) is 187 Å². The van der Waals surface area contributed by atoms with Gasteiger partial charge in [-0.15, -0.1) is 0 Å². The first kappa shape index (κ1) is 31.4. The molecule has 4 heteroatoms. The van der Waals surface area contributed by atoms with Crippen LogP contribution in [0.25, 0.3) is 100 Å². The monoisotopic (exact) mass is 702 g/mol. The van der Waals surface area contributed by atoms with Crippen molar-refractivity contribution in [2.45, 2.75) is 12.8 Å². The van der Waals surface area contributed by atoms with Crippen molar-refractivity contribution in [3.63, 3.8) is 0 Å². The Labute approximate surface area is 318 Å². The third-order valence-corrected chi connectivity index (χ3v) is 11.1. The van der Waals surface area contributed by atoms with Gasteiger partial charge < -0.3 is 4.57 Å². The smallest absolute Gasteiger partial charge is 0.164 e. The van der Waals surface area contributed by atoms with Crippen LogP contribution in [0.2, 0.25) is 0 Å². The van der Waals surface area contributed by atoms with Crippen LogP contribution in [0.5, 0.6) is 0 Å². The summed E-state index contributed by atoms with van der Waals surface area (Å²) in [6.07, 6.45) is 6.62. The van der Waals surface area contributed by atoms with Crippen LogP contribution in [0, 0.1) is 0 Å². The van der Waals surface area contributed by atoms with E-state index in [-0.39, 0.29) is 0 Å². The summed E-state index contributed by atoms with van der Waals surface area (Å²) in [7, 11) is 0. The lowest BCUT2D eigenvalue weighted by atomic mass is 9.94. The summed E-state index contributed by atoms with van der Waals surface area (Å²) in [5, 5.41) is 7.24. The third-order valence-electron chi connectivity index (χ3n) is 11.1. The molecule has 0 N–H and O–H groups in total. The molecular formula is C51H34N4. The number of hydrogen-bond acceptors (Lipinski definition) is 3. The van der Waals surface area contributed by atoms with Crippen LogP contribution in [-0.4, -0.2) is 19.5 Å². The SMILES string of the molecule is C1=Cc2ccc3c4cc5ccccc5cc4n(-c4ccc(-c5nc(-c6ccccc6)nc(-c6ccccc6)n5)c5ccc(-c6ccccc6)cc45)c3c2CC1. The van der Waals surface area contributed by atoms with Gasteiger partial charge in [0.1, 0.15) is 0 Å². The van der Waals surface area contributed by atoms with Gasteiger partial charge in [0.15, 0.2) is 17.5 Å². The summed E-state index contributed by atoms with van der Waals surface area (Å²) < 4.78 is 2.54. The Kier molecular flexibility index (Phi) is 7.27. The summed E-state index contributed by atoms with van der Waals surface area (Å²) in [5.41, 5.74) is 11.5. The Morgan fingerprint density at radius 2 is 1.05 bits per heavy atom. The summed E-state index contributed by atoms with van der Waals surface area (Å²) >= 11 is 0. The summed E-state index contributed by atoms with van der Waals surface area (Å²) in [4.78, 5) is 15.3. The Balaban J connectivity index is 1.24. The average Bonchev–Trinajstić information content (AvgIpc) is 3.59. The standard InChI is InChI=1S/C51H34N4/c1-4-14-33(15-5-1)39-25-26-41-43(51-53-49(35-17-6-2-7-18-35)52-50(54-51)36-19-8-3-9-20-36)28-29-46(44(41)31-39)55-47-32-38-22-11-10-21-37(38)30-45(47)42-27-24-34-16-12-13-23-40(34)48(42)55/h1-12,14-22,24-32H,13,23H2. The zero-order valence-corrected chi connectivity index (χ0v) is 30.0. The van der Waals surface area contributed by atoms with E-state index < -0.39 is 0 Å². The van der Waals surface area contributed by atoms with E-state index in [9.17, 15) is 0 Å². The molecule has 0 unspecified atom stereocenters. The van der Waals surface area contributed by atoms with Gasteiger partial charge in [0.25, 0.3) is 0 Å². The van der Waals surface area contributed by atoms with Crippen molar-refractivity contribution in [2.24, 2.45) is 0 Å². The highest BCUT2D eigenvalue weighted by Crippen LogP contribution is 2.43. The maximum atomic E-state index is 5.18. The molecule has 0 radical (unpaired) electrons. The van der Waals surface area contributed by atoms with Crippen molar-refractivity contribution >= 4 is 49.4 Å². The fourth-order valence-electron chi connectivity index (χ4n) is 8.44. The van der Waals surface area contributed by atoms with Gasteiger partial charge in [-0.1, -0.05) is 152 Å². The van der Waals surface area contributed by atoms with E-state index in [4.69, 9.17) is 15.0 Å². The van der Waals surface area contributed by atoms with Gasteiger partial charge in [-0.3, -0.25) is 0 Å². The van der Waals surface area contributed by atoms with Crippen LogP contribution in [0.15, 0.2) is 176 Å². The van der Waals surface area contributed by atoms with Gasteiger partial charge in [-0.2, -0.15) is 0 Å². The number of fused-ring (bicyclic) bond motifs is 7. The van der Waals surface area contributed by atoms with Gasteiger partial charge in [-0.25, -0.2) is 15.0 Å². The van der Waals surface area contributed by atoms with E-state index in [1.165, 1.54) is 49.3 Å². The normalized spacial score (nSPS) is 12.5. The summed E-state index contributed by atoms with van der Waals surface area (Å²) in [6, 6.07) is 60.5. The molecule has 10 aromatic rings. The lowest BCUT2D eigenvalue weighted by molar-refractivity contribution is 0.985. The maximum absolute atomic E-state index is 5.18. The number of aromatic nitrogens is 4. The van der Waals surface area contributed by atoms with Crippen molar-refractivity contribution < 1.29 is 0 Å². The van der Waals surface area contributed by atoms with Crippen LogP contribution in [0.4, 0.5) is 0 Å². The highest BCUT2D eigenvalue weighted by atomic mass is 15.0. The molecule has 0 spiro atoms. The zero-order valence-electron chi connectivity index (χ0n) is 30.0. The molecule has 0 amide bonds. The van der Waals surface area contributed by atoms with E-state index in [1.807, 2.05) is 36.4 Å². The summed E-state index contributed by atoms with van der Waals surface area (Å²) in [5.74, 6) is 1.94. The van der Waals surface area contributed by atoms with Crippen molar-refractivity contribution in [3.8, 4) is 51.0 Å². The first-order valence-electron chi connectivity index (χ1n) is 18.9. The van der Waals surface area contributed by atoms with E-state index in [1.54, 1.807) is 0 Å². The van der Waals surface area contributed by atoms with Crippen LogP contribution in [0.1, 0.15) is 17.5 Å². The molecule has 0 atom stereocenters. The molecule has 8 aromatic carbocycles. The van der Waals surface area contributed by atoms with Crippen LogP contribution in [0.3, 0.4) is 0 Å². The molecule has 4 nitrogen and oxygen atoms in total. The predicted octanol–water partition coefficient (Wildman–Crippen LogP) is 12.9. The molecule has 0 fully saturated rings. The van der Waals surface area contributed by atoms with Gasteiger partial charge in [0.2, 0.25) is 0 Å². The Bertz CT molecular complexity index is 3070. The third kappa shape index (κ3) is 5.25. The minimum Gasteiger partial charge on any atom is -0.308 e. The van der Waals surface area contributed by atoms with Gasteiger partial charge in [0, 0.05) is 32.8 Å². The molecular weight excluding hydrogens is 669 g/mol. The molecule has 0 bridgehead atoms. The first-order chi connectivity index (χ1) is 27.3. The topological polar surface area (TPSA) is 43.6 Å². The second-order valence-corrected chi connectivity index (χ2v) is 14.3. The molecule has 11 rings (SSSR count). The summed E-state index contributed by atoms with van der Waals surface area (Å²) in [6.45, 7) is 0. The van der Waals surface area contributed by atoms with Gasteiger partial charge in [0.05, 0.1) is 16.7 Å². The number of rotatable bonds is 5. The van der Waals surface area contributed by atoms with Crippen LogP contribution < -0.4 is 0 Å². The predicted molar refractivity (Wildman–Crippen MR) is 228 cm³/mol. The quantitative estimate of drug-likeness (QED) is 0.179. The molecule has 0 saturated carbocycles. The highest BCUT2D eigenvalue weighted by Gasteiger charge is 2.22. The molecule has 258 valence electrons. The minimum absolute atomic E-state index is 0.646. The Hall–Kier alpha value is -7.17. The van der Waals surface area contributed by atoms with E-state index in [0.717, 1.165) is 51.6 Å². The highest BCUT2D eigenvalue weighted by molar-refractivity contribution is 6.16. The van der Waals surface area contributed by atoms with Crippen molar-refractivity contribution in [1.82, 2.24) is 19.5 Å². The number of hydrogen-bond donors (Lipinski definition) is 0. The second-order valence-electron chi connectivity index (χ2n) is 14.3. The molecule has 1 aliphatic rings. The molecule has 2 heterocycles. The zero-order chi connectivity index (χ0) is 36.3. The Morgan fingerprint density at radius 1 is 0.436 bits per heavy atom. The average molecular weight is 703 g/mol. The fraction of sp³-hybridized carbons (Fsp3) is 0.0392. The Morgan fingerprint density at radius 3 is 1.76 bits per heavy atom. The van der Waals surface area contributed by atoms with Gasteiger partial charge >= 0.3 is 0 Å². The molecule has 0 aliphatic heterocycles. The van der Waals surface area contributed by atoms with Crippen molar-refractivity contribution in [1.29, 1.82) is 0 Å². The van der Waals surface area contributed by atoms with Crippen LogP contribution >= 0.6 is 0 Å². The van der Waals surface area contributed by atoms with Crippen molar-refractivity contribution in [2.75, 3.05) is 0 Å².